The van der Waals surface area contributed by atoms with Gasteiger partial charge >= 0.3 is 0 Å². The van der Waals surface area contributed by atoms with Gasteiger partial charge < -0.3 is 10.6 Å². The molecule has 2 heterocycles. The van der Waals surface area contributed by atoms with Crippen molar-refractivity contribution >= 4 is 28.6 Å². The van der Waals surface area contributed by atoms with Crippen molar-refractivity contribution in [2.24, 2.45) is 4.99 Å². The van der Waals surface area contributed by atoms with Crippen molar-refractivity contribution in [1.29, 1.82) is 0 Å². The summed E-state index contributed by atoms with van der Waals surface area (Å²) < 4.78 is 0. The van der Waals surface area contributed by atoms with Gasteiger partial charge in [-0.25, -0.2) is 4.98 Å². The van der Waals surface area contributed by atoms with Gasteiger partial charge in [-0.1, -0.05) is 20.8 Å². The van der Waals surface area contributed by atoms with Crippen LogP contribution in [0.25, 0.3) is 0 Å². The Morgan fingerprint density at radius 1 is 1.24 bits per heavy atom. The smallest absolute Gasteiger partial charge is 0.191 e. The maximum absolute atomic E-state index is 4.67. The van der Waals surface area contributed by atoms with Crippen LogP contribution in [-0.4, -0.2) is 18.0 Å². The number of thiophene rings is 1. The molecule has 2 aromatic rings. The Morgan fingerprint density at radius 3 is 2.57 bits per heavy atom. The van der Waals surface area contributed by atoms with Crippen molar-refractivity contribution in [1.82, 2.24) is 15.6 Å². The molecule has 0 aromatic carbocycles. The lowest BCUT2D eigenvalue weighted by molar-refractivity contribution is 0.582. The SMILES string of the molecule is CN=C(NCc1ccsc1)NCc1csc(C(C)(C)C)n1. The maximum Gasteiger partial charge on any atom is 0.191 e. The summed E-state index contributed by atoms with van der Waals surface area (Å²) >= 11 is 3.42. The number of aliphatic imine (C=N–C) groups is 1. The summed E-state index contributed by atoms with van der Waals surface area (Å²) in [4.78, 5) is 8.90. The molecule has 6 heteroatoms. The highest BCUT2D eigenvalue weighted by Crippen LogP contribution is 2.25. The van der Waals surface area contributed by atoms with Crippen LogP contribution in [0.1, 0.15) is 37.0 Å². The van der Waals surface area contributed by atoms with E-state index in [9.17, 15) is 0 Å². The molecular weight excluding hydrogens is 300 g/mol. The van der Waals surface area contributed by atoms with E-state index in [4.69, 9.17) is 0 Å². The lowest BCUT2D eigenvalue weighted by atomic mass is 9.98. The highest BCUT2D eigenvalue weighted by Gasteiger charge is 2.17. The van der Waals surface area contributed by atoms with E-state index in [1.807, 2.05) is 0 Å². The molecule has 2 rings (SSSR count). The first-order chi connectivity index (χ1) is 9.99. The number of aromatic nitrogens is 1. The highest BCUT2D eigenvalue weighted by atomic mass is 32.1. The topological polar surface area (TPSA) is 49.3 Å². The minimum atomic E-state index is 0.113. The molecule has 2 N–H and O–H groups in total. The number of thiazole rings is 1. The van der Waals surface area contributed by atoms with E-state index in [1.54, 1.807) is 29.7 Å². The number of rotatable bonds is 4. The normalized spacial score (nSPS) is 12.5. The molecule has 21 heavy (non-hydrogen) atoms. The van der Waals surface area contributed by atoms with Gasteiger partial charge in [-0.2, -0.15) is 11.3 Å². The molecule has 0 fully saturated rings. The Kier molecular flexibility index (Phi) is 5.36. The zero-order chi connectivity index (χ0) is 15.3. The molecule has 4 nitrogen and oxygen atoms in total. The summed E-state index contributed by atoms with van der Waals surface area (Å²) in [5.41, 5.74) is 2.44. The molecule has 0 aliphatic rings. The van der Waals surface area contributed by atoms with E-state index in [1.165, 1.54) is 10.6 Å². The predicted molar refractivity (Wildman–Crippen MR) is 92.2 cm³/mol. The van der Waals surface area contributed by atoms with E-state index in [0.29, 0.717) is 6.54 Å². The maximum atomic E-state index is 4.67. The quantitative estimate of drug-likeness (QED) is 0.670. The number of nitrogens with one attached hydrogen (secondary N) is 2. The van der Waals surface area contributed by atoms with Gasteiger partial charge in [0.15, 0.2) is 5.96 Å². The van der Waals surface area contributed by atoms with Crippen LogP contribution < -0.4 is 10.6 Å². The van der Waals surface area contributed by atoms with Gasteiger partial charge in [0, 0.05) is 24.4 Å². The van der Waals surface area contributed by atoms with Gasteiger partial charge in [-0.3, -0.25) is 4.99 Å². The van der Waals surface area contributed by atoms with Gasteiger partial charge in [0.05, 0.1) is 17.2 Å². The Labute approximate surface area is 134 Å². The fourth-order valence-corrected chi connectivity index (χ4v) is 3.28. The van der Waals surface area contributed by atoms with Crippen LogP contribution in [0.2, 0.25) is 0 Å². The van der Waals surface area contributed by atoms with Crippen LogP contribution in [0.15, 0.2) is 27.2 Å². The van der Waals surface area contributed by atoms with Crippen LogP contribution >= 0.6 is 22.7 Å². The third-order valence-electron chi connectivity index (χ3n) is 2.89. The third kappa shape index (κ3) is 4.82. The standard InChI is InChI=1S/C15H22N4S2/c1-15(2,3)13-19-12(10-21-13)8-18-14(16-4)17-7-11-5-6-20-9-11/h5-6,9-10H,7-8H2,1-4H3,(H2,16,17,18). The zero-order valence-electron chi connectivity index (χ0n) is 12.9. The van der Waals surface area contributed by atoms with Gasteiger partial charge in [-0.05, 0) is 22.4 Å². The minimum absolute atomic E-state index is 0.113. The molecule has 114 valence electrons. The molecule has 0 amide bonds. The lowest BCUT2D eigenvalue weighted by Crippen LogP contribution is -2.36. The van der Waals surface area contributed by atoms with E-state index < -0.39 is 0 Å². The Hall–Kier alpha value is -1.40. The molecule has 0 saturated carbocycles. The predicted octanol–water partition coefficient (Wildman–Crippen LogP) is 3.37. The van der Waals surface area contributed by atoms with Crippen molar-refractivity contribution in [3.05, 3.63) is 38.5 Å². The van der Waals surface area contributed by atoms with Crippen molar-refractivity contribution < 1.29 is 0 Å². The van der Waals surface area contributed by atoms with Gasteiger partial charge in [0.25, 0.3) is 0 Å². The molecule has 0 radical (unpaired) electrons. The average Bonchev–Trinajstić information content (AvgIpc) is 3.09. The fraction of sp³-hybridized carbons (Fsp3) is 0.467. The molecule has 0 unspecified atom stereocenters. The van der Waals surface area contributed by atoms with Crippen molar-refractivity contribution in [3.63, 3.8) is 0 Å². The Morgan fingerprint density at radius 2 is 2.00 bits per heavy atom. The first kappa shape index (κ1) is 16.0. The number of hydrogen-bond donors (Lipinski definition) is 2. The Balaban J connectivity index is 1.84. The molecule has 0 bridgehead atoms. The van der Waals surface area contributed by atoms with E-state index in [2.05, 4.69) is 63.6 Å². The molecule has 0 atom stereocenters. The summed E-state index contributed by atoms with van der Waals surface area (Å²) in [6.07, 6.45) is 0. The molecule has 0 aliphatic carbocycles. The first-order valence-corrected chi connectivity index (χ1v) is 8.72. The summed E-state index contributed by atoms with van der Waals surface area (Å²) in [5.74, 6) is 0.798. The summed E-state index contributed by atoms with van der Waals surface area (Å²) in [6, 6.07) is 2.11. The van der Waals surface area contributed by atoms with E-state index >= 15 is 0 Å². The number of nitrogens with zero attached hydrogens (tertiary/aromatic N) is 2. The fourth-order valence-electron chi connectivity index (χ4n) is 1.71. The highest BCUT2D eigenvalue weighted by molar-refractivity contribution is 7.09. The monoisotopic (exact) mass is 322 g/mol. The van der Waals surface area contributed by atoms with Crippen LogP contribution in [0.5, 0.6) is 0 Å². The lowest BCUT2D eigenvalue weighted by Gasteiger charge is -2.14. The minimum Gasteiger partial charge on any atom is -0.352 e. The van der Waals surface area contributed by atoms with E-state index in [0.717, 1.165) is 18.2 Å². The molecule has 0 aliphatic heterocycles. The number of hydrogen-bond acceptors (Lipinski definition) is 4. The van der Waals surface area contributed by atoms with Crippen molar-refractivity contribution in [2.45, 2.75) is 39.3 Å². The molecule has 0 spiro atoms. The van der Waals surface area contributed by atoms with Crippen molar-refractivity contribution in [2.75, 3.05) is 7.05 Å². The third-order valence-corrected chi connectivity index (χ3v) is 4.94. The average molecular weight is 323 g/mol. The Bertz CT molecular complexity index is 579. The summed E-state index contributed by atoms with van der Waals surface area (Å²) in [5, 5.41) is 14.1. The van der Waals surface area contributed by atoms with Gasteiger partial charge in [-0.15, -0.1) is 11.3 Å². The molecular formula is C15H22N4S2. The van der Waals surface area contributed by atoms with Crippen LogP contribution in [0.3, 0.4) is 0 Å². The summed E-state index contributed by atoms with van der Waals surface area (Å²) in [6.45, 7) is 8.03. The zero-order valence-corrected chi connectivity index (χ0v) is 14.6. The van der Waals surface area contributed by atoms with Crippen LogP contribution in [0, 0.1) is 0 Å². The van der Waals surface area contributed by atoms with Gasteiger partial charge in [0.2, 0.25) is 0 Å². The number of guanidine groups is 1. The van der Waals surface area contributed by atoms with Crippen LogP contribution in [0.4, 0.5) is 0 Å². The second kappa shape index (κ2) is 7.04. The van der Waals surface area contributed by atoms with Crippen LogP contribution in [-0.2, 0) is 18.5 Å². The first-order valence-electron chi connectivity index (χ1n) is 6.89. The van der Waals surface area contributed by atoms with E-state index in [-0.39, 0.29) is 5.41 Å². The largest absolute Gasteiger partial charge is 0.352 e. The molecule has 0 saturated heterocycles. The summed E-state index contributed by atoms with van der Waals surface area (Å²) in [7, 11) is 1.78. The second-order valence-electron chi connectivity index (χ2n) is 5.80. The van der Waals surface area contributed by atoms with Crippen molar-refractivity contribution in [3.8, 4) is 0 Å². The van der Waals surface area contributed by atoms with Gasteiger partial charge in [0.1, 0.15) is 0 Å². The second-order valence-corrected chi connectivity index (χ2v) is 7.44. The molecule has 2 aromatic heterocycles.